The summed E-state index contributed by atoms with van der Waals surface area (Å²) in [5.41, 5.74) is -1.35. The third-order valence-corrected chi connectivity index (χ3v) is 2.16. The van der Waals surface area contributed by atoms with E-state index in [0.717, 1.165) is 6.07 Å². The first-order chi connectivity index (χ1) is 9.70. The topological polar surface area (TPSA) is 90.7 Å². The summed E-state index contributed by atoms with van der Waals surface area (Å²) in [6.45, 7) is 5.18. The predicted octanol–water partition coefficient (Wildman–Crippen LogP) is 2.64. The Labute approximate surface area is 121 Å². The molecule has 7 nitrogen and oxygen atoms in total. The van der Waals surface area contributed by atoms with Crippen molar-refractivity contribution in [2.75, 3.05) is 13.2 Å². The zero-order valence-electron chi connectivity index (χ0n) is 12.0. The van der Waals surface area contributed by atoms with Gasteiger partial charge in [-0.15, -0.1) is 0 Å². The molecule has 1 aromatic carbocycles. The van der Waals surface area contributed by atoms with Gasteiger partial charge in [-0.1, -0.05) is 6.07 Å². The molecule has 0 heterocycles. The Balaban J connectivity index is 2.49. The van der Waals surface area contributed by atoms with Gasteiger partial charge in [-0.3, -0.25) is 10.1 Å². The summed E-state index contributed by atoms with van der Waals surface area (Å²) in [6, 6.07) is 3.57. The molecule has 0 unspecified atom stereocenters. The molecule has 0 aliphatic heterocycles. The van der Waals surface area contributed by atoms with Gasteiger partial charge in [0.1, 0.15) is 12.2 Å². The number of nitrogens with zero attached hydrogens (tertiary/aromatic N) is 1. The number of para-hydroxylation sites is 1. The molecule has 0 atom stereocenters. The summed E-state index contributed by atoms with van der Waals surface area (Å²) in [5, 5.41) is 13.2. The lowest BCUT2D eigenvalue weighted by Crippen LogP contribution is -2.34. The number of amides is 1. The van der Waals surface area contributed by atoms with Crippen molar-refractivity contribution < 1.29 is 23.6 Å². The van der Waals surface area contributed by atoms with Crippen molar-refractivity contribution in [3.05, 3.63) is 34.1 Å². The number of carbonyl (C=O) groups is 1. The molecular weight excluding hydrogens is 283 g/mol. The SMILES string of the molecule is CC(C)(C)OC(=O)NCCOc1cccc(F)c1[N+](=O)[O-]. The smallest absolute Gasteiger partial charge is 0.407 e. The largest absolute Gasteiger partial charge is 0.485 e. The number of halogens is 1. The average molecular weight is 300 g/mol. The Bertz CT molecular complexity index is 528. The molecule has 0 saturated heterocycles. The van der Waals surface area contributed by atoms with Gasteiger partial charge in [0, 0.05) is 0 Å². The van der Waals surface area contributed by atoms with Gasteiger partial charge in [-0.2, -0.15) is 4.39 Å². The molecule has 1 N–H and O–H groups in total. The maximum atomic E-state index is 13.3. The van der Waals surface area contributed by atoms with Gasteiger partial charge in [0.05, 0.1) is 11.5 Å². The van der Waals surface area contributed by atoms with E-state index in [9.17, 15) is 19.3 Å². The van der Waals surface area contributed by atoms with Crippen LogP contribution >= 0.6 is 0 Å². The number of ether oxygens (including phenoxy) is 2. The van der Waals surface area contributed by atoms with Crippen molar-refractivity contribution in [3.8, 4) is 5.75 Å². The van der Waals surface area contributed by atoms with Gasteiger partial charge >= 0.3 is 11.8 Å². The minimum Gasteiger partial charge on any atom is -0.485 e. The van der Waals surface area contributed by atoms with Gasteiger partial charge < -0.3 is 14.8 Å². The molecule has 0 aromatic heterocycles. The van der Waals surface area contributed by atoms with Crippen molar-refractivity contribution >= 4 is 11.8 Å². The molecule has 0 aliphatic carbocycles. The van der Waals surface area contributed by atoms with Crippen LogP contribution in [-0.2, 0) is 4.74 Å². The van der Waals surface area contributed by atoms with Crippen molar-refractivity contribution in [1.29, 1.82) is 0 Å². The van der Waals surface area contributed by atoms with E-state index in [-0.39, 0.29) is 18.9 Å². The highest BCUT2D eigenvalue weighted by atomic mass is 19.1. The third-order valence-electron chi connectivity index (χ3n) is 2.16. The first kappa shape index (κ1) is 16.7. The van der Waals surface area contributed by atoms with Crippen LogP contribution in [0, 0.1) is 15.9 Å². The molecule has 0 spiro atoms. The highest BCUT2D eigenvalue weighted by Crippen LogP contribution is 2.29. The minimum absolute atomic E-state index is 0.0520. The Morgan fingerprint density at radius 1 is 1.43 bits per heavy atom. The van der Waals surface area contributed by atoms with E-state index in [2.05, 4.69) is 5.32 Å². The van der Waals surface area contributed by atoms with E-state index >= 15 is 0 Å². The van der Waals surface area contributed by atoms with Crippen LogP contribution in [0.3, 0.4) is 0 Å². The number of hydrogen-bond donors (Lipinski definition) is 1. The molecule has 1 rings (SSSR count). The van der Waals surface area contributed by atoms with E-state index in [1.54, 1.807) is 20.8 Å². The molecule has 116 valence electrons. The van der Waals surface area contributed by atoms with Crippen molar-refractivity contribution in [2.24, 2.45) is 0 Å². The van der Waals surface area contributed by atoms with E-state index < -0.39 is 28.1 Å². The minimum atomic E-state index is -0.974. The lowest BCUT2D eigenvalue weighted by Gasteiger charge is -2.19. The number of benzene rings is 1. The van der Waals surface area contributed by atoms with Crippen LogP contribution in [0.2, 0.25) is 0 Å². The van der Waals surface area contributed by atoms with Crippen LogP contribution in [0.15, 0.2) is 18.2 Å². The number of nitro groups is 1. The van der Waals surface area contributed by atoms with Gasteiger partial charge in [0.15, 0.2) is 5.75 Å². The molecule has 0 bridgehead atoms. The molecule has 1 amide bonds. The van der Waals surface area contributed by atoms with Crippen LogP contribution in [0.1, 0.15) is 20.8 Å². The van der Waals surface area contributed by atoms with E-state index in [4.69, 9.17) is 9.47 Å². The zero-order chi connectivity index (χ0) is 16.0. The van der Waals surface area contributed by atoms with Crippen molar-refractivity contribution in [3.63, 3.8) is 0 Å². The second-order valence-corrected chi connectivity index (χ2v) is 5.12. The van der Waals surface area contributed by atoms with Crippen LogP contribution in [0.5, 0.6) is 5.75 Å². The number of carbonyl (C=O) groups excluding carboxylic acids is 1. The average Bonchev–Trinajstić information content (AvgIpc) is 2.32. The monoisotopic (exact) mass is 300 g/mol. The predicted molar refractivity (Wildman–Crippen MR) is 72.8 cm³/mol. The summed E-state index contributed by atoms with van der Waals surface area (Å²) in [6.07, 6.45) is -0.625. The Kier molecular flexibility index (Phi) is 5.45. The molecule has 8 heteroatoms. The lowest BCUT2D eigenvalue weighted by atomic mass is 10.2. The number of hydrogen-bond acceptors (Lipinski definition) is 5. The van der Waals surface area contributed by atoms with Gasteiger partial charge in [0.25, 0.3) is 0 Å². The van der Waals surface area contributed by atoms with Crippen molar-refractivity contribution in [1.82, 2.24) is 5.32 Å². The highest BCUT2D eigenvalue weighted by molar-refractivity contribution is 5.67. The number of nitro benzene ring substituents is 1. The normalized spacial score (nSPS) is 10.9. The van der Waals surface area contributed by atoms with E-state index in [0.29, 0.717) is 0 Å². The Morgan fingerprint density at radius 2 is 2.10 bits per heavy atom. The van der Waals surface area contributed by atoms with Crippen LogP contribution in [-0.4, -0.2) is 29.8 Å². The second-order valence-electron chi connectivity index (χ2n) is 5.12. The van der Waals surface area contributed by atoms with Crippen LogP contribution < -0.4 is 10.1 Å². The van der Waals surface area contributed by atoms with Gasteiger partial charge in [0.2, 0.25) is 5.82 Å². The molecule has 0 radical (unpaired) electrons. The van der Waals surface area contributed by atoms with E-state index in [1.807, 2.05) is 0 Å². The fourth-order valence-electron chi connectivity index (χ4n) is 1.42. The molecule has 0 fully saturated rings. The van der Waals surface area contributed by atoms with Gasteiger partial charge in [-0.25, -0.2) is 4.79 Å². The standard InChI is InChI=1S/C13H17FN2O5/c1-13(2,3)21-12(17)15-7-8-20-10-6-4-5-9(14)11(10)16(18)19/h4-6H,7-8H2,1-3H3,(H,15,17). The third kappa shape index (κ3) is 5.64. The summed E-state index contributed by atoms with van der Waals surface area (Å²) in [5.74, 6) is -1.16. The molecule has 0 saturated carbocycles. The molecule has 21 heavy (non-hydrogen) atoms. The molecule has 0 aliphatic rings. The molecular formula is C13H17FN2O5. The van der Waals surface area contributed by atoms with E-state index in [1.165, 1.54) is 12.1 Å². The summed E-state index contributed by atoms with van der Waals surface area (Å²) < 4.78 is 23.4. The zero-order valence-corrected chi connectivity index (χ0v) is 12.0. The Hall–Kier alpha value is -2.38. The maximum Gasteiger partial charge on any atom is 0.407 e. The Morgan fingerprint density at radius 3 is 2.67 bits per heavy atom. The van der Waals surface area contributed by atoms with Gasteiger partial charge in [-0.05, 0) is 32.9 Å². The first-order valence-electron chi connectivity index (χ1n) is 6.23. The lowest BCUT2D eigenvalue weighted by molar-refractivity contribution is -0.388. The van der Waals surface area contributed by atoms with Crippen molar-refractivity contribution in [2.45, 2.75) is 26.4 Å². The first-order valence-corrected chi connectivity index (χ1v) is 6.23. The molecule has 1 aromatic rings. The second kappa shape index (κ2) is 6.87. The fourth-order valence-corrected chi connectivity index (χ4v) is 1.42. The summed E-state index contributed by atoms with van der Waals surface area (Å²) >= 11 is 0. The highest BCUT2D eigenvalue weighted by Gasteiger charge is 2.21. The number of alkyl carbamates (subject to hydrolysis) is 1. The number of nitrogens with one attached hydrogen (secondary N) is 1. The quantitative estimate of drug-likeness (QED) is 0.513. The summed E-state index contributed by atoms with van der Waals surface area (Å²) in [7, 11) is 0. The van der Waals surface area contributed by atoms with Crippen LogP contribution in [0.25, 0.3) is 0 Å². The number of rotatable bonds is 5. The van der Waals surface area contributed by atoms with Crippen LogP contribution in [0.4, 0.5) is 14.9 Å². The summed E-state index contributed by atoms with van der Waals surface area (Å²) in [4.78, 5) is 21.2. The maximum absolute atomic E-state index is 13.3. The fraction of sp³-hybridized carbons (Fsp3) is 0.462.